The number of hydrogen-bond donors (Lipinski definition) is 1. The Labute approximate surface area is 115 Å². The number of aromatic nitrogens is 1. The topological polar surface area (TPSA) is 34.1 Å². The van der Waals surface area contributed by atoms with Crippen LogP contribution in [0.25, 0.3) is 10.1 Å². The van der Waals surface area contributed by atoms with Crippen molar-refractivity contribution >= 4 is 27.2 Å². The van der Waals surface area contributed by atoms with Gasteiger partial charge in [0.1, 0.15) is 11.6 Å². The summed E-state index contributed by atoms with van der Waals surface area (Å²) in [4.78, 5) is 4.40. The average Bonchev–Trinajstić information content (AvgIpc) is 2.94. The summed E-state index contributed by atoms with van der Waals surface area (Å²) in [7, 11) is 1.68. The molecule has 4 heteroatoms. The minimum Gasteiger partial charge on any atom is -0.497 e. The Hall–Kier alpha value is -2.07. The van der Waals surface area contributed by atoms with Gasteiger partial charge in [-0.3, -0.25) is 0 Å². The molecule has 0 unspecified atom stereocenters. The van der Waals surface area contributed by atoms with Crippen LogP contribution in [-0.2, 0) is 6.54 Å². The number of pyridine rings is 1. The zero-order chi connectivity index (χ0) is 13.1. The van der Waals surface area contributed by atoms with E-state index in [1.165, 1.54) is 15.6 Å². The van der Waals surface area contributed by atoms with Crippen LogP contribution in [0.15, 0.2) is 48.0 Å². The predicted molar refractivity (Wildman–Crippen MR) is 79.9 cm³/mol. The van der Waals surface area contributed by atoms with Crippen LogP contribution in [0.1, 0.15) is 5.56 Å². The first kappa shape index (κ1) is 12.0. The van der Waals surface area contributed by atoms with E-state index in [2.05, 4.69) is 27.8 Å². The van der Waals surface area contributed by atoms with Crippen LogP contribution in [0.5, 0.6) is 5.75 Å². The number of rotatable bonds is 4. The van der Waals surface area contributed by atoms with Crippen LogP contribution >= 0.6 is 11.3 Å². The third-order valence-corrected chi connectivity index (χ3v) is 3.86. The lowest BCUT2D eigenvalue weighted by atomic mass is 10.2. The molecule has 1 N–H and O–H groups in total. The fourth-order valence-electron chi connectivity index (χ4n) is 2.00. The van der Waals surface area contributed by atoms with Gasteiger partial charge in [-0.05, 0) is 35.2 Å². The number of nitrogens with zero attached hydrogens (tertiary/aromatic N) is 1. The van der Waals surface area contributed by atoms with Crippen molar-refractivity contribution in [1.82, 2.24) is 4.98 Å². The van der Waals surface area contributed by atoms with Gasteiger partial charge in [-0.25, -0.2) is 4.98 Å². The normalized spacial score (nSPS) is 10.6. The summed E-state index contributed by atoms with van der Waals surface area (Å²) in [5.41, 5.74) is 1.17. The third kappa shape index (κ3) is 2.53. The fourth-order valence-corrected chi connectivity index (χ4v) is 2.79. The summed E-state index contributed by atoms with van der Waals surface area (Å²) in [5, 5.41) is 6.64. The zero-order valence-corrected chi connectivity index (χ0v) is 11.4. The van der Waals surface area contributed by atoms with Crippen LogP contribution in [0.2, 0.25) is 0 Å². The molecule has 2 heterocycles. The Morgan fingerprint density at radius 2 is 2.21 bits per heavy atom. The molecule has 0 saturated heterocycles. The molecule has 1 aromatic carbocycles. The summed E-state index contributed by atoms with van der Waals surface area (Å²) < 4.78 is 6.48. The Balaban J connectivity index is 1.80. The largest absolute Gasteiger partial charge is 0.497 e. The molecule has 0 spiro atoms. The van der Waals surface area contributed by atoms with E-state index in [0.29, 0.717) is 0 Å². The van der Waals surface area contributed by atoms with Crippen molar-refractivity contribution in [3.8, 4) is 5.75 Å². The maximum atomic E-state index is 5.22. The second kappa shape index (κ2) is 5.28. The number of nitrogens with one attached hydrogen (secondary N) is 1. The van der Waals surface area contributed by atoms with Gasteiger partial charge >= 0.3 is 0 Å². The van der Waals surface area contributed by atoms with Crippen LogP contribution in [0, 0.1) is 0 Å². The number of hydrogen-bond acceptors (Lipinski definition) is 4. The standard InChI is InChI=1S/C15H14N2OS/c1-18-12-4-2-3-11(9-12)10-17-15-13-6-8-19-14(13)5-7-16-15/h2-9H,10H2,1H3,(H,16,17). The minimum atomic E-state index is 0.735. The van der Waals surface area contributed by atoms with Crippen molar-refractivity contribution < 1.29 is 4.74 Å². The summed E-state index contributed by atoms with van der Waals surface area (Å²) in [6, 6.07) is 12.2. The van der Waals surface area contributed by atoms with Crippen molar-refractivity contribution in [2.24, 2.45) is 0 Å². The van der Waals surface area contributed by atoms with Gasteiger partial charge in [0.15, 0.2) is 0 Å². The lowest BCUT2D eigenvalue weighted by Crippen LogP contribution is -2.01. The highest BCUT2D eigenvalue weighted by atomic mass is 32.1. The Kier molecular flexibility index (Phi) is 3.33. The third-order valence-electron chi connectivity index (χ3n) is 2.97. The molecule has 0 saturated carbocycles. The van der Waals surface area contributed by atoms with Gasteiger partial charge in [-0.1, -0.05) is 12.1 Å². The summed E-state index contributed by atoms with van der Waals surface area (Å²) in [6.07, 6.45) is 1.84. The van der Waals surface area contributed by atoms with Crippen molar-refractivity contribution in [1.29, 1.82) is 0 Å². The van der Waals surface area contributed by atoms with Crippen molar-refractivity contribution in [3.05, 3.63) is 53.5 Å². The van der Waals surface area contributed by atoms with Gasteiger partial charge in [-0.15, -0.1) is 11.3 Å². The monoisotopic (exact) mass is 270 g/mol. The van der Waals surface area contributed by atoms with Gasteiger partial charge in [0.05, 0.1) is 7.11 Å². The Morgan fingerprint density at radius 1 is 1.26 bits per heavy atom. The van der Waals surface area contributed by atoms with E-state index in [4.69, 9.17) is 4.74 Å². The van der Waals surface area contributed by atoms with Crippen molar-refractivity contribution in [3.63, 3.8) is 0 Å². The smallest absolute Gasteiger partial charge is 0.134 e. The SMILES string of the molecule is COc1cccc(CNc2nccc3sccc23)c1. The van der Waals surface area contributed by atoms with Gasteiger partial charge in [0.2, 0.25) is 0 Å². The maximum Gasteiger partial charge on any atom is 0.134 e. The Bertz CT molecular complexity index is 693. The van der Waals surface area contributed by atoms with Crippen LogP contribution in [-0.4, -0.2) is 12.1 Å². The molecule has 0 atom stereocenters. The first-order valence-electron chi connectivity index (χ1n) is 6.06. The highest BCUT2D eigenvalue weighted by Gasteiger charge is 2.03. The molecule has 0 fully saturated rings. The quantitative estimate of drug-likeness (QED) is 0.780. The molecule has 96 valence electrons. The van der Waals surface area contributed by atoms with Crippen molar-refractivity contribution in [2.45, 2.75) is 6.54 Å². The molecule has 0 radical (unpaired) electrons. The zero-order valence-electron chi connectivity index (χ0n) is 10.6. The first-order valence-corrected chi connectivity index (χ1v) is 6.94. The van der Waals surface area contributed by atoms with Crippen LogP contribution in [0.3, 0.4) is 0 Å². The lowest BCUT2D eigenvalue weighted by Gasteiger charge is -2.08. The van der Waals surface area contributed by atoms with Gasteiger partial charge < -0.3 is 10.1 Å². The molecule has 0 aliphatic carbocycles. The van der Waals surface area contributed by atoms with E-state index < -0.39 is 0 Å². The second-order valence-electron chi connectivity index (χ2n) is 4.20. The first-order chi connectivity index (χ1) is 9.36. The molecule has 3 aromatic rings. The molecule has 0 bridgehead atoms. The van der Waals surface area contributed by atoms with E-state index in [-0.39, 0.29) is 0 Å². The predicted octanol–water partition coefficient (Wildman–Crippen LogP) is 3.92. The molecule has 2 aromatic heterocycles. The van der Waals surface area contributed by atoms with E-state index in [0.717, 1.165) is 18.1 Å². The number of ether oxygens (including phenoxy) is 1. The molecular weight excluding hydrogens is 256 g/mol. The number of fused-ring (bicyclic) bond motifs is 1. The van der Waals surface area contributed by atoms with Crippen LogP contribution in [0.4, 0.5) is 5.82 Å². The Morgan fingerprint density at radius 3 is 3.11 bits per heavy atom. The summed E-state index contributed by atoms with van der Waals surface area (Å²) >= 11 is 1.73. The van der Waals surface area contributed by atoms with E-state index in [1.54, 1.807) is 18.4 Å². The molecule has 19 heavy (non-hydrogen) atoms. The molecule has 0 amide bonds. The van der Waals surface area contributed by atoms with Gasteiger partial charge in [0.25, 0.3) is 0 Å². The summed E-state index contributed by atoms with van der Waals surface area (Å²) in [6.45, 7) is 0.735. The van der Waals surface area contributed by atoms with E-state index in [9.17, 15) is 0 Å². The number of thiophene rings is 1. The average molecular weight is 270 g/mol. The number of benzene rings is 1. The minimum absolute atomic E-state index is 0.735. The highest BCUT2D eigenvalue weighted by molar-refractivity contribution is 7.17. The van der Waals surface area contributed by atoms with Crippen molar-refractivity contribution in [2.75, 3.05) is 12.4 Å². The molecular formula is C15H14N2OS. The maximum absolute atomic E-state index is 5.22. The lowest BCUT2D eigenvalue weighted by molar-refractivity contribution is 0.414. The second-order valence-corrected chi connectivity index (χ2v) is 5.14. The highest BCUT2D eigenvalue weighted by Crippen LogP contribution is 2.26. The van der Waals surface area contributed by atoms with Crippen LogP contribution < -0.4 is 10.1 Å². The molecule has 3 rings (SSSR count). The fraction of sp³-hybridized carbons (Fsp3) is 0.133. The number of anilines is 1. The molecule has 0 aliphatic heterocycles. The number of methoxy groups -OCH3 is 1. The van der Waals surface area contributed by atoms with E-state index >= 15 is 0 Å². The van der Waals surface area contributed by atoms with Gasteiger partial charge in [-0.2, -0.15) is 0 Å². The summed E-state index contributed by atoms with van der Waals surface area (Å²) in [5.74, 6) is 1.81. The van der Waals surface area contributed by atoms with Gasteiger partial charge in [0, 0.05) is 22.8 Å². The molecule has 3 nitrogen and oxygen atoms in total. The van der Waals surface area contributed by atoms with E-state index in [1.807, 2.05) is 30.5 Å². The molecule has 0 aliphatic rings.